The average molecular weight is 338 g/mol. The van der Waals surface area contributed by atoms with E-state index in [0.29, 0.717) is 13.1 Å². The number of hydrogen-bond acceptors (Lipinski definition) is 4. The lowest BCUT2D eigenvalue weighted by atomic mass is 10.1. The third kappa shape index (κ3) is 5.75. The van der Waals surface area contributed by atoms with Crippen LogP contribution in [0.4, 0.5) is 0 Å². The predicted octanol–water partition coefficient (Wildman–Crippen LogP) is 4.15. The third-order valence-electron chi connectivity index (χ3n) is 4.04. The Morgan fingerprint density at radius 1 is 0.760 bits per heavy atom. The van der Waals surface area contributed by atoms with Crippen LogP contribution in [0.2, 0.25) is 0 Å². The van der Waals surface area contributed by atoms with Crippen molar-refractivity contribution >= 4 is 12.4 Å². The highest BCUT2D eigenvalue weighted by Gasteiger charge is 2.00. The van der Waals surface area contributed by atoms with Gasteiger partial charge in [-0.15, -0.1) is 0 Å². The Balaban J connectivity index is 1.82. The van der Waals surface area contributed by atoms with Crippen molar-refractivity contribution in [2.45, 2.75) is 33.1 Å². The molecular formula is C21H26N2O2. The number of phenols is 2. The van der Waals surface area contributed by atoms with Gasteiger partial charge in [0.2, 0.25) is 0 Å². The molecule has 2 N–H and O–H groups in total. The highest BCUT2D eigenvalue weighted by Crippen LogP contribution is 2.17. The molecule has 4 heteroatoms. The van der Waals surface area contributed by atoms with Crippen LogP contribution in [0.3, 0.4) is 0 Å². The second kappa shape index (κ2) is 9.62. The smallest absolute Gasteiger partial charge is 0.124 e. The zero-order chi connectivity index (χ0) is 18.1. The van der Waals surface area contributed by atoms with E-state index in [-0.39, 0.29) is 11.5 Å². The summed E-state index contributed by atoms with van der Waals surface area (Å²) in [4.78, 5) is 8.72. The molecular weight excluding hydrogens is 312 g/mol. The molecule has 4 nitrogen and oxygen atoms in total. The van der Waals surface area contributed by atoms with Gasteiger partial charge in [0.25, 0.3) is 0 Å². The largest absolute Gasteiger partial charge is 0.507 e. The fraction of sp³-hybridized carbons (Fsp3) is 0.333. The Morgan fingerprint density at radius 3 is 1.60 bits per heavy atom. The predicted molar refractivity (Wildman–Crippen MR) is 105 cm³/mol. The number of aliphatic imine (C=N–C) groups is 2. The molecule has 0 unspecified atom stereocenters. The molecule has 0 heterocycles. The van der Waals surface area contributed by atoms with E-state index in [4.69, 9.17) is 0 Å². The van der Waals surface area contributed by atoms with Gasteiger partial charge in [0.05, 0.1) is 0 Å². The highest BCUT2D eigenvalue weighted by molar-refractivity contribution is 5.84. The van der Waals surface area contributed by atoms with Gasteiger partial charge in [-0.3, -0.25) is 9.98 Å². The minimum atomic E-state index is 0.255. The molecule has 0 amide bonds. The summed E-state index contributed by atoms with van der Waals surface area (Å²) in [6.07, 6.45) is 6.11. The highest BCUT2D eigenvalue weighted by atomic mass is 16.3. The summed E-state index contributed by atoms with van der Waals surface area (Å²) in [6.45, 7) is 5.46. The minimum Gasteiger partial charge on any atom is -0.507 e. The summed E-state index contributed by atoms with van der Waals surface area (Å²) in [5.41, 5.74) is 3.87. The zero-order valence-corrected chi connectivity index (χ0v) is 14.9. The quantitative estimate of drug-likeness (QED) is 0.561. The maximum absolute atomic E-state index is 9.83. The van der Waals surface area contributed by atoms with Crippen LogP contribution >= 0.6 is 0 Å². The van der Waals surface area contributed by atoms with Crippen molar-refractivity contribution in [2.24, 2.45) is 9.98 Å². The van der Waals surface area contributed by atoms with Gasteiger partial charge < -0.3 is 10.2 Å². The van der Waals surface area contributed by atoms with Crippen LogP contribution in [-0.2, 0) is 12.8 Å². The van der Waals surface area contributed by atoms with Gasteiger partial charge in [-0.2, -0.15) is 0 Å². The van der Waals surface area contributed by atoms with Gasteiger partial charge >= 0.3 is 0 Å². The van der Waals surface area contributed by atoms with Crippen LogP contribution < -0.4 is 0 Å². The van der Waals surface area contributed by atoms with Crippen molar-refractivity contribution in [3.05, 3.63) is 58.7 Å². The molecule has 0 radical (unpaired) electrons. The Morgan fingerprint density at radius 2 is 1.20 bits per heavy atom. The van der Waals surface area contributed by atoms with E-state index in [0.717, 1.165) is 30.4 Å². The van der Waals surface area contributed by atoms with E-state index in [1.807, 2.05) is 24.3 Å². The lowest BCUT2D eigenvalue weighted by molar-refractivity contribution is 0.473. The molecule has 0 aliphatic heterocycles. The number of rotatable bonds is 8. The maximum atomic E-state index is 9.83. The van der Waals surface area contributed by atoms with Crippen LogP contribution in [0.5, 0.6) is 11.5 Å². The number of benzene rings is 2. The van der Waals surface area contributed by atoms with Crippen LogP contribution in [0.25, 0.3) is 0 Å². The van der Waals surface area contributed by atoms with Crippen molar-refractivity contribution in [3.8, 4) is 11.5 Å². The van der Waals surface area contributed by atoms with Crippen LogP contribution in [0.15, 0.2) is 46.4 Å². The van der Waals surface area contributed by atoms with E-state index in [9.17, 15) is 10.2 Å². The van der Waals surface area contributed by atoms with Gasteiger partial charge in [0, 0.05) is 36.6 Å². The third-order valence-corrected chi connectivity index (χ3v) is 4.04. The molecule has 2 rings (SSSR count). The van der Waals surface area contributed by atoms with E-state index < -0.39 is 0 Å². The first-order chi connectivity index (χ1) is 12.1. The summed E-state index contributed by atoms with van der Waals surface area (Å²) in [7, 11) is 0. The Kier molecular flexibility index (Phi) is 7.20. The fourth-order valence-electron chi connectivity index (χ4n) is 2.43. The molecule has 0 aliphatic rings. The summed E-state index contributed by atoms with van der Waals surface area (Å²) >= 11 is 0. The van der Waals surface area contributed by atoms with E-state index in [1.54, 1.807) is 24.6 Å². The fourth-order valence-corrected chi connectivity index (χ4v) is 2.43. The maximum Gasteiger partial charge on any atom is 0.124 e. The molecule has 0 aliphatic carbocycles. The van der Waals surface area contributed by atoms with Crippen molar-refractivity contribution in [1.29, 1.82) is 0 Å². The van der Waals surface area contributed by atoms with Crippen LogP contribution in [-0.4, -0.2) is 35.7 Å². The molecule has 2 aromatic rings. The van der Waals surface area contributed by atoms with Crippen molar-refractivity contribution < 1.29 is 10.2 Å². The number of hydrogen-bond donors (Lipinski definition) is 2. The summed E-state index contributed by atoms with van der Waals surface area (Å²) in [5.74, 6) is 0.510. The summed E-state index contributed by atoms with van der Waals surface area (Å²) in [5, 5.41) is 19.7. The lowest BCUT2D eigenvalue weighted by Crippen LogP contribution is -1.92. The molecule has 0 saturated carbocycles. The first-order valence-electron chi connectivity index (χ1n) is 8.77. The van der Waals surface area contributed by atoms with Gasteiger partial charge in [-0.25, -0.2) is 0 Å². The number of aromatic hydroxyl groups is 2. The molecule has 25 heavy (non-hydrogen) atoms. The SMILES string of the molecule is CCc1ccc(O)c(C=NCCCN=Cc2cc(CC)ccc2O)c1. The Bertz CT molecular complexity index is 688. The first kappa shape index (κ1) is 18.7. The molecule has 0 saturated heterocycles. The molecule has 132 valence electrons. The summed E-state index contributed by atoms with van der Waals surface area (Å²) in [6, 6.07) is 11.2. The molecule has 0 fully saturated rings. The number of aryl methyl sites for hydroxylation is 2. The van der Waals surface area contributed by atoms with Crippen LogP contribution in [0.1, 0.15) is 42.5 Å². The molecule has 0 atom stereocenters. The number of phenolic OH excluding ortho intramolecular Hbond substituents is 2. The second-order valence-electron chi connectivity index (χ2n) is 5.92. The van der Waals surface area contributed by atoms with E-state index in [1.165, 1.54) is 11.1 Å². The van der Waals surface area contributed by atoms with E-state index >= 15 is 0 Å². The van der Waals surface area contributed by atoms with Crippen LogP contribution in [0, 0.1) is 0 Å². The normalized spacial score (nSPS) is 11.6. The average Bonchev–Trinajstić information content (AvgIpc) is 2.63. The second-order valence-corrected chi connectivity index (χ2v) is 5.92. The topological polar surface area (TPSA) is 65.2 Å². The van der Waals surface area contributed by atoms with Gasteiger partial charge in [0.15, 0.2) is 0 Å². The van der Waals surface area contributed by atoms with Gasteiger partial charge in [0.1, 0.15) is 11.5 Å². The Hall–Kier alpha value is -2.62. The summed E-state index contributed by atoms with van der Waals surface area (Å²) < 4.78 is 0. The first-order valence-corrected chi connectivity index (χ1v) is 8.77. The molecule has 0 bridgehead atoms. The van der Waals surface area contributed by atoms with Crippen molar-refractivity contribution in [3.63, 3.8) is 0 Å². The lowest BCUT2D eigenvalue weighted by Gasteiger charge is -2.02. The van der Waals surface area contributed by atoms with Crippen molar-refractivity contribution in [2.75, 3.05) is 13.1 Å². The molecule has 2 aromatic carbocycles. The monoisotopic (exact) mass is 338 g/mol. The zero-order valence-electron chi connectivity index (χ0n) is 14.9. The van der Waals surface area contributed by atoms with E-state index in [2.05, 4.69) is 23.8 Å². The standard InChI is InChI=1S/C21H26N2O2/c1-3-16-6-8-20(24)18(12-16)14-22-10-5-11-23-15-19-13-17(4-2)7-9-21(19)25/h6-9,12-15,24-25H,3-5,10-11H2,1-2H3. The molecule has 0 spiro atoms. The van der Waals surface area contributed by atoms with Crippen molar-refractivity contribution in [1.82, 2.24) is 0 Å². The van der Waals surface area contributed by atoms with Gasteiger partial charge in [-0.05, 0) is 54.7 Å². The number of nitrogens with zero attached hydrogens (tertiary/aromatic N) is 2. The molecule has 0 aromatic heterocycles. The Labute approximate surface area is 149 Å². The van der Waals surface area contributed by atoms with Gasteiger partial charge in [-0.1, -0.05) is 26.0 Å². The minimum absolute atomic E-state index is 0.255.